The summed E-state index contributed by atoms with van der Waals surface area (Å²) in [6, 6.07) is 0.488. The molecule has 2 N–H and O–H groups in total. The van der Waals surface area contributed by atoms with Gasteiger partial charge in [-0.05, 0) is 25.7 Å². The van der Waals surface area contributed by atoms with Crippen molar-refractivity contribution in [3.8, 4) is 0 Å². The van der Waals surface area contributed by atoms with Crippen molar-refractivity contribution in [2.24, 2.45) is 5.92 Å². The van der Waals surface area contributed by atoms with Crippen LogP contribution in [0.15, 0.2) is 17.1 Å². The highest BCUT2D eigenvalue weighted by atomic mass is 16.4. The van der Waals surface area contributed by atoms with Crippen LogP contribution < -0.4 is 5.43 Å². The van der Waals surface area contributed by atoms with E-state index in [1.165, 1.54) is 17.2 Å². The van der Waals surface area contributed by atoms with E-state index in [-0.39, 0.29) is 16.9 Å². The van der Waals surface area contributed by atoms with Crippen LogP contribution in [0.5, 0.6) is 0 Å². The molecule has 1 saturated heterocycles. The maximum Gasteiger partial charge on any atom is 0.326 e. The Hall–Kier alpha value is -2.11. The molecule has 108 valence electrons. The number of nitrogens with one attached hydrogen (secondary N) is 1. The molecule has 0 bridgehead atoms. The summed E-state index contributed by atoms with van der Waals surface area (Å²) >= 11 is 0. The minimum atomic E-state index is -1.02. The predicted molar refractivity (Wildman–Crippen MR) is 72.7 cm³/mol. The molecule has 0 aliphatic carbocycles. The first kappa shape index (κ1) is 14.3. The number of carboxylic acid groups (broad SMARTS) is 1. The summed E-state index contributed by atoms with van der Waals surface area (Å²) in [5.74, 6) is -1.27. The molecule has 1 aliphatic heterocycles. The number of carbonyl (C=O) groups excluding carboxylic acids is 1. The number of aryl methyl sites for hydroxylation is 1. The summed E-state index contributed by atoms with van der Waals surface area (Å²) in [6.07, 6.45) is 2.53. The second-order valence-electron chi connectivity index (χ2n) is 5.38. The highest BCUT2D eigenvalue weighted by Crippen LogP contribution is 2.23. The molecule has 20 heavy (non-hydrogen) atoms. The molecule has 0 saturated carbocycles. The molecule has 1 aromatic heterocycles. The highest BCUT2D eigenvalue weighted by Gasteiger charge is 2.35. The summed E-state index contributed by atoms with van der Waals surface area (Å²) in [7, 11) is 0. The Morgan fingerprint density at radius 3 is 2.75 bits per heavy atom. The van der Waals surface area contributed by atoms with Gasteiger partial charge in [0.25, 0.3) is 5.91 Å². The van der Waals surface area contributed by atoms with Crippen LogP contribution in [0, 0.1) is 12.8 Å². The number of amides is 1. The van der Waals surface area contributed by atoms with Crippen molar-refractivity contribution in [3.05, 3.63) is 33.7 Å². The van der Waals surface area contributed by atoms with Gasteiger partial charge >= 0.3 is 5.97 Å². The van der Waals surface area contributed by atoms with E-state index >= 15 is 0 Å². The summed E-state index contributed by atoms with van der Waals surface area (Å²) in [6.45, 7) is 4.05. The molecule has 2 atom stereocenters. The SMILES string of the molecule is Cc1cc(=O)c(C(=O)N2CCC(C)CC2C(=O)O)c[nH]1. The molecule has 0 aromatic carbocycles. The van der Waals surface area contributed by atoms with Gasteiger partial charge in [0.1, 0.15) is 11.6 Å². The monoisotopic (exact) mass is 278 g/mol. The first-order valence-electron chi connectivity index (χ1n) is 6.63. The second kappa shape index (κ2) is 5.48. The van der Waals surface area contributed by atoms with Crippen LogP contribution in [-0.2, 0) is 4.79 Å². The third-order valence-corrected chi connectivity index (χ3v) is 3.70. The molecule has 6 nitrogen and oxygen atoms in total. The number of aliphatic carboxylic acids is 1. The van der Waals surface area contributed by atoms with Gasteiger partial charge < -0.3 is 15.0 Å². The molecule has 2 rings (SSSR count). The number of aromatic nitrogens is 1. The number of carbonyl (C=O) groups is 2. The summed E-state index contributed by atoms with van der Waals surface area (Å²) in [4.78, 5) is 39.7. The van der Waals surface area contributed by atoms with Crippen molar-refractivity contribution in [2.75, 3.05) is 6.54 Å². The van der Waals surface area contributed by atoms with E-state index in [9.17, 15) is 19.5 Å². The first-order chi connectivity index (χ1) is 9.40. The van der Waals surface area contributed by atoms with Gasteiger partial charge in [-0.15, -0.1) is 0 Å². The molecule has 6 heteroatoms. The number of pyridine rings is 1. The van der Waals surface area contributed by atoms with Gasteiger partial charge in [0.2, 0.25) is 0 Å². The zero-order valence-electron chi connectivity index (χ0n) is 11.5. The lowest BCUT2D eigenvalue weighted by Crippen LogP contribution is -2.50. The van der Waals surface area contributed by atoms with E-state index in [1.54, 1.807) is 6.92 Å². The van der Waals surface area contributed by atoms with E-state index in [4.69, 9.17) is 0 Å². The molecular formula is C14H18N2O4. The minimum absolute atomic E-state index is 0.00333. The largest absolute Gasteiger partial charge is 0.480 e. The van der Waals surface area contributed by atoms with Crippen LogP contribution >= 0.6 is 0 Å². The van der Waals surface area contributed by atoms with Crippen LogP contribution in [0.2, 0.25) is 0 Å². The average Bonchev–Trinajstić information content (AvgIpc) is 2.37. The van der Waals surface area contributed by atoms with Crippen LogP contribution in [-0.4, -0.2) is 39.5 Å². The Morgan fingerprint density at radius 1 is 1.45 bits per heavy atom. The van der Waals surface area contributed by atoms with Crippen molar-refractivity contribution in [3.63, 3.8) is 0 Å². The Morgan fingerprint density at radius 2 is 2.15 bits per heavy atom. The number of likely N-dealkylation sites (tertiary alicyclic amines) is 1. The number of rotatable bonds is 2. The number of hydrogen-bond donors (Lipinski definition) is 2. The van der Waals surface area contributed by atoms with Crippen molar-refractivity contribution < 1.29 is 14.7 Å². The van der Waals surface area contributed by atoms with Crippen molar-refractivity contribution in [2.45, 2.75) is 32.7 Å². The second-order valence-corrected chi connectivity index (χ2v) is 5.38. The fraction of sp³-hybridized carbons (Fsp3) is 0.500. The van der Waals surface area contributed by atoms with Gasteiger partial charge in [-0.25, -0.2) is 4.79 Å². The highest BCUT2D eigenvalue weighted by molar-refractivity contribution is 5.96. The third kappa shape index (κ3) is 2.74. The average molecular weight is 278 g/mol. The van der Waals surface area contributed by atoms with Gasteiger partial charge in [-0.3, -0.25) is 9.59 Å². The van der Waals surface area contributed by atoms with E-state index in [1.807, 2.05) is 6.92 Å². The van der Waals surface area contributed by atoms with Crippen molar-refractivity contribution in [1.29, 1.82) is 0 Å². The molecule has 0 radical (unpaired) electrons. The molecule has 1 fully saturated rings. The predicted octanol–water partition coefficient (Wildman–Crippen LogP) is 1.01. The van der Waals surface area contributed by atoms with Gasteiger partial charge in [0.05, 0.1) is 0 Å². The molecule has 2 heterocycles. The Balaban J connectivity index is 2.31. The Labute approximate surface area is 116 Å². The summed E-state index contributed by atoms with van der Waals surface area (Å²) < 4.78 is 0. The number of carboxylic acids is 1. The number of H-pyrrole nitrogens is 1. The third-order valence-electron chi connectivity index (χ3n) is 3.70. The lowest BCUT2D eigenvalue weighted by Gasteiger charge is -2.35. The maximum absolute atomic E-state index is 12.4. The number of hydrogen-bond acceptors (Lipinski definition) is 3. The molecule has 1 aliphatic rings. The van der Waals surface area contributed by atoms with E-state index in [0.29, 0.717) is 18.7 Å². The maximum atomic E-state index is 12.4. The number of aromatic amines is 1. The molecule has 0 spiro atoms. The van der Waals surface area contributed by atoms with Gasteiger partial charge in [-0.2, -0.15) is 0 Å². The smallest absolute Gasteiger partial charge is 0.326 e. The van der Waals surface area contributed by atoms with Gasteiger partial charge in [0.15, 0.2) is 5.43 Å². The fourth-order valence-electron chi connectivity index (χ4n) is 2.51. The quantitative estimate of drug-likeness (QED) is 0.844. The van der Waals surface area contributed by atoms with E-state index in [2.05, 4.69) is 4.98 Å². The van der Waals surface area contributed by atoms with Gasteiger partial charge in [0, 0.05) is 24.5 Å². The number of piperidine rings is 1. The molecule has 1 amide bonds. The molecular weight excluding hydrogens is 260 g/mol. The van der Waals surface area contributed by atoms with Gasteiger partial charge in [-0.1, -0.05) is 6.92 Å². The van der Waals surface area contributed by atoms with Crippen LogP contribution in [0.1, 0.15) is 35.8 Å². The summed E-state index contributed by atoms with van der Waals surface area (Å²) in [5, 5.41) is 9.26. The topological polar surface area (TPSA) is 90.5 Å². The van der Waals surface area contributed by atoms with Crippen LogP contribution in [0.4, 0.5) is 0 Å². The molecule has 2 unspecified atom stereocenters. The Bertz CT molecular complexity index is 593. The Kier molecular flexibility index (Phi) is 3.92. The zero-order chi connectivity index (χ0) is 14.9. The lowest BCUT2D eigenvalue weighted by molar-refractivity contribution is -0.144. The lowest BCUT2D eigenvalue weighted by atomic mass is 9.92. The van der Waals surface area contributed by atoms with E-state index < -0.39 is 17.9 Å². The van der Waals surface area contributed by atoms with Crippen LogP contribution in [0.25, 0.3) is 0 Å². The zero-order valence-corrected chi connectivity index (χ0v) is 11.5. The fourth-order valence-corrected chi connectivity index (χ4v) is 2.51. The van der Waals surface area contributed by atoms with Crippen molar-refractivity contribution in [1.82, 2.24) is 9.88 Å². The summed E-state index contributed by atoms with van der Waals surface area (Å²) in [5.41, 5.74) is 0.277. The molecule has 1 aromatic rings. The standard InChI is InChI=1S/C14H18N2O4/c1-8-3-4-16(11(5-8)14(19)20)13(18)10-7-15-9(2)6-12(10)17/h6-8,11H,3-5H2,1-2H3,(H,15,17)(H,19,20). The number of nitrogens with zero attached hydrogens (tertiary/aromatic N) is 1. The van der Waals surface area contributed by atoms with E-state index in [0.717, 1.165) is 6.42 Å². The normalized spacial score (nSPS) is 22.6. The first-order valence-corrected chi connectivity index (χ1v) is 6.63. The van der Waals surface area contributed by atoms with Crippen LogP contribution in [0.3, 0.4) is 0 Å². The minimum Gasteiger partial charge on any atom is -0.480 e. The van der Waals surface area contributed by atoms with Crippen molar-refractivity contribution >= 4 is 11.9 Å².